The lowest BCUT2D eigenvalue weighted by molar-refractivity contribution is 0.177. The first-order chi connectivity index (χ1) is 14.4. The maximum atomic E-state index is 12.7. The van der Waals surface area contributed by atoms with E-state index >= 15 is 0 Å². The van der Waals surface area contributed by atoms with Crippen LogP contribution in [0.2, 0.25) is 0 Å². The summed E-state index contributed by atoms with van der Waals surface area (Å²) in [6.07, 6.45) is 0.0648. The molecule has 0 saturated heterocycles. The number of hydrogen-bond donors (Lipinski definition) is 0. The van der Waals surface area contributed by atoms with E-state index in [2.05, 4.69) is 17.9 Å². The van der Waals surface area contributed by atoms with Crippen LogP contribution in [0.3, 0.4) is 0 Å². The van der Waals surface area contributed by atoms with Crippen LogP contribution in [0.25, 0.3) is 16.9 Å². The number of benzene rings is 2. The van der Waals surface area contributed by atoms with Crippen LogP contribution in [0.15, 0.2) is 58.2 Å². The SMILES string of the molecule is COc1ccc(-n2nc3c(cc2=O)CSc2ccc(OC(C)CN(C)C)cc2-3)cc1. The minimum atomic E-state index is -0.144. The van der Waals surface area contributed by atoms with Crippen LogP contribution in [0.4, 0.5) is 0 Å². The molecule has 0 spiro atoms. The van der Waals surface area contributed by atoms with E-state index < -0.39 is 0 Å². The normalized spacial score (nSPS) is 13.5. The average Bonchev–Trinajstić information content (AvgIpc) is 2.72. The van der Waals surface area contributed by atoms with Gasteiger partial charge in [-0.1, -0.05) is 0 Å². The fourth-order valence-corrected chi connectivity index (χ4v) is 4.58. The maximum Gasteiger partial charge on any atom is 0.271 e. The Bertz CT molecular complexity index is 1110. The largest absolute Gasteiger partial charge is 0.497 e. The van der Waals surface area contributed by atoms with E-state index in [1.807, 2.05) is 50.5 Å². The van der Waals surface area contributed by atoms with E-state index in [9.17, 15) is 4.79 Å². The van der Waals surface area contributed by atoms with E-state index in [4.69, 9.17) is 14.6 Å². The fourth-order valence-electron chi connectivity index (χ4n) is 3.57. The molecule has 3 aromatic rings. The minimum Gasteiger partial charge on any atom is -0.497 e. The smallest absolute Gasteiger partial charge is 0.271 e. The number of thioether (sulfide) groups is 1. The number of hydrogen-bond acceptors (Lipinski definition) is 6. The fraction of sp³-hybridized carbons (Fsp3) is 0.304. The van der Waals surface area contributed by atoms with Gasteiger partial charge >= 0.3 is 0 Å². The van der Waals surface area contributed by atoms with Crippen molar-refractivity contribution >= 4 is 11.8 Å². The van der Waals surface area contributed by atoms with E-state index in [0.29, 0.717) is 5.69 Å². The predicted molar refractivity (Wildman–Crippen MR) is 120 cm³/mol. The monoisotopic (exact) mass is 423 g/mol. The molecular formula is C23H25N3O3S. The van der Waals surface area contributed by atoms with Gasteiger partial charge in [0.1, 0.15) is 17.6 Å². The highest BCUT2D eigenvalue weighted by Crippen LogP contribution is 2.41. The number of ether oxygens (including phenoxy) is 2. The molecule has 1 aliphatic heterocycles. The molecule has 4 rings (SSSR count). The molecule has 0 aliphatic carbocycles. The number of nitrogens with zero attached hydrogens (tertiary/aromatic N) is 3. The average molecular weight is 424 g/mol. The highest BCUT2D eigenvalue weighted by Gasteiger charge is 2.21. The van der Waals surface area contributed by atoms with Crippen LogP contribution in [-0.4, -0.2) is 48.5 Å². The van der Waals surface area contributed by atoms with Crippen molar-refractivity contribution in [3.63, 3.8) is 0 Å². The van der Waals surface area contributed by atoms with Crippen molar-refractivity contribution in [3.05, 3.63) is 64.4 Å². The zero-order valence-corrected chi connectivity index (χ0v) is 18.4. The first-order valence-corrected chi connectivity index (χ1v) is 10.8. The zero-order chi connectivity index (χ0) is 21.3. The Morgan fingerprint density at radius 3 is 2.57 bits per heavy atom. The van der Waals surface area contributed by atoms with Gasteiger partial charge < -0.3 is 14.4 Å². The van der Waals surface area contributed by atoms with Crippen LogP contribution in [0, 0.1) is 0 Å². The second kappa shape index (κ2) is 8.53. The molecule has 2 heterocycles. The van der Waals surface area contributed by atoms with Crippen LogP contribution in [0.1, 0.15) is 12.5 Å². The van der Waals surface area contributed by atoms with Gasteiger partial charge in [0.15, 0.2) is 0 Å². The van der Waals surface area contributed by atoms with Crippen LogP contribution in [-0.2, 0) is 5.75 Å². The van der Waals surface area contributed by atoms with Gasteiger partial charge in [0.05, 0.1) is 18.5 Å². The number of aromatic nitrogens is 2. The van der Waals surface area contributed by atoms with E-state index in [1.165, 1.54) is 4.68 Å². The summed E-state index contributed by atoms with van der Waals surface area (Å²) in [7, 11) is 5.68. The number of fused-ring (bicyclic) bond motifs is 3. The van der Waals surface area contributed by atoms with Gasteiger partial charge in [-0.2, -0.15) is 9.78 Å². The van der Waals surface area contributed by atoms with Crippen molar-refractivity contribution in [2.45, 2.75) is 23.7 Å². The summed E-state index contributed by atoms with van der Waals surface area (Å²) in [5.74, 6) is 2.27. The molecule has 2 aromatic carbocycles. The molecular weight excluding hydrogens is 398 g/mol. The third-order valence-corrected chi connectivity index (χ3v) is 6.00. The molecule has 0 N–H and O–H groups in total. The third kappa shape index (κ3) is 4.22. The second-order valence-corrected chi connectivity index (χ2v) is 8.62. The van der Waals surface area contributed by atoms with Gasteiger partial charge in [-0.3, -0.25) is 4.79 Å². The Morgan fingerprint density at radius 2 is 1.87 bits per heavy atom. The van der Waals surface area contributed by atoms with Crippen molar-refractivity contribution < 1.29 is 9.47 Å². The summed E-state index contributed by atoms with van der Waals surface area (Å²) in [6.45, 7) is 2.89. The Labute approximate surface area is 180 Å². The summed E-state index contributed by atoms with van der Waals surface area (Å²) < 4.78 is 12.8. The van der Waals surface area contributed by atoms with E-state index in [0.717, 1.165) is 45.5 Å². The quantitative estimate of drug-likeness (QED) is 0.600. The molecule has 1 aromatic heterocycles. The molecule has 7 heteroatoms. The molecule has 0 radical (unpaired) electrons. The van der Waals surface area contributed by atoms with Crippen LogP contribution < -0.4 is 15.0 Å². The van der Waals surface area contributed by atoms with Gasteiger partial charge in [0.2, 0.25) is 0 Å². The van der Waals surface area contributed by atoms with Crippen molar-refractivity contribution in [3.8, 4) is 28.4 Å². The van der Waals surface area contributed by atoms with Crippen LogP contribution >= 0.6 is 11.8 Å². The number of rotatable bonds is 6. The highest BCUT2D eigenvalue weighted by molar-refractivity contribution is 7.98. The van der Waals surface area contributed by atoms with Gasteiger partial charge in [0, 0.05) is 28.8 Å². The van der Waals surface area contributed by atoms with Gasteiger partial charge in [-0.15, -0.1) is 11.8 Å². The molecule has 30 heavy (non-hydrogen) atoms. The second-order valence-electron chi connectivity index (χ2n) is 7.60. The van der Waals surface area contributed by atoms with Crippen molar-refractivity contribution in [1.29, 1.82) is 0 Å². The van der Waals surface area contributed by atoms with Crippen molar-refractivity contribution in [2.75, 3.05) is 27.7 Å². The van der Waals surface area contributed by atoms with E-state index in [1.54, 1.807) is 24.9 Å². The highest BCUT2D eigenvalue weighted by atomic mass is 32.2. The topological polar surface area (TPSA) is 56.6 Å². The standard InChI is InChI=1S/C23H25N3O3S/c1-15(13-25(2)3)29-19-9-10-21-20(12-19)23-16(14-30-21)11-22(27)26(24-23)17-5-7-18(28-4)8-6-17/h5-12,15H,13-14H2,1-4H3. The molecule has 1 aliphatic rings. The molecule has 0 amide bonds. The van der Waals surface area contributed by atoms with Crippen molar-refractivity contribution in [1.82, 2.24) is 14.7 Å². The molecule has 0 bridgehead atoms. The molecule has 0 saturated carbocycles. The Balaban J connectivity index is 1.73. The minimum absolute atomic E-state index is 0.0648. The summed E-state index contributed by atoms with van der Waals surface area (Å²) >= 11 is 1.72. The lowest BCUT2D eigenvalue weighted by Gasteiger charge is -2.22. The molecule has 6 nitrogen and oxygen atoms in total. The number of likely N-dealkylation sites (N-methyl/N-ethyl adjacent to an activating group) is 1. The third-order valence-electron chi connectivity index (χ3n) is 4.88. The summed E-state index contributed by atoms with van der Waals surface area (Å²) in [5.41, 5.74) is 3.33. The summed E-state index contributed by atoms with van der Waals surface area (Å²) in [4.78, 5) is 15.9. The molecule has 1 atom stereocenters. The lowest BCUT2D eigenvalue weighted by atomic mass is 10.1. The van der Waals surface area contributed by atoms with Crippen molar-refractivity contribution in [2.24, 2.45) is 0 Å². The molecule has 1 unspecified atom stereocenters. The van der Waals surface area contributed by atoms with Gasteiger partial charge in [-0.05, 0) is 69.0 Å². The molecule has 156 valence electrons. The predicted octanol–water partition coefficient (Wildman–Crippen LogP) is 3.84. The Morgan fingerprint density at radius 1 is 1.13 bits per heavy atom. The first-order valence-electron chi connectivity index (χ1n) is 9.81. The zero-order valence-electron chi connectivity index (χ0n) is 17.6. The Kier molecular flexibility index (Phi) is 5.83. The summed E-state index contributed by atoms with van der Waals surface area (Å²) in [6, 6.07) is 15.1. The Hall–Kier alpha value is -2.77. The molecule has 0 fully saturated rings. The van der Waals surface area contributed by atoms with Gasteiger partial charge in [-0.25, -0.2) is 0 Å². The van der Waals surface area contributed by atoms with Gasteiger partial charge in [0.25, 0.3) is 5.56 Å². The first kappa shape index (κ1) is 20.5. The lowest BCUT2D eigenvalue weighted by Crippen LogP contribution is -2.28. The summed E-state index contributed by atoms with van der Waals surface area (Å²) in [5, 5.41) is 4.73. The van der Waals surface area contributed by atoms with E-state index in [-0.39, 0.29) is 11.7 Å². The van der Waals surface area contributed by atoms with Crippen LogP contribution in [0.5, 0.6) is 11.5 Å². The maximum absolute atomic E-state index is 12.7. The number of methoxy groups -OCH3 is 1.